The molecular formula is C3H4N2O2. The maximum atomic E-state index is 9.14. The number of carbonyl (C=O) groups excluding carboxylic acids is 1. The zero-order chi connectivity index (χ0) is 6.28. The third-order valence-electron chi connectivity index (χ3n) is 0.167. The highest BCUT2D eigenvalue weighted by atomic mass is 16.4. The average Bonchev–Trinajstić information content (AvgIpc) is 1.73. The van der Waals surface area contributed by atoms with E-state index in [-0.39, 0.29) is 0 Å². The molecule has 0 aromatic rings. The van der Waals surface area contributed by atoms with Crippen molar-refractivity contribution in [2.75, 3.05) is 0 Å². The molecule has 0 aromatic carbocycles. The highest BCUT2D eigenvalue weighted by molar-refractivity contribution is 5.76. The molecule has 0 radical (unpaired) electrons. The van der Waals surface area contributed by atoms with E-state index in [2.05, 4.69) is 6.58 Å². The molecule has 0 heterocycles. The number of aliphatic carboxylic acids is 1. The quantitative estimate of drug-likeness (QED) is 0.285. The smallest absolute Gasteiger partial charge is 0.212 e. The number of diazo groups is 1. The lowest BCUT2D eigenvalue weighted by Crippen LogP contribution is -2.17. The van der Waals surface area contributed by atoms with Crippen molar-refractivity contribution >= 4 is 5.97 Å². The summed E-state index contributed by atoms with van der Waals surface area (Å²) in [5.74, 6) is -1.23. The van der Waals surface area contributed by atoms with Crippen LogP contribution in [0, 0.1) is 5.39 Å². The number of carbonyl (C=O) groups is 1. The van der Waals surface area contributed by atoms with Crippen LogP contribution in [0.4, 0.5) is 0 Å². The Hall–Kier alpha value is -1.37. The van der Waals surface area contributed by atoms with E-state index in [0.29, 0.717) is 0 Å². The van der Waals surface area contributed by atoms with E-state index >= 15 is 0 Å². The number of hydrogen-bond donors (Lipinski definition) is 1. The number of nitrogens with zero attached hydrogens (tertiary/aromatic N) is 1. The fraction of sp³-hybridized carbons (Fsp3) is 0. The molecule has 0 spiro atoms. The normalized spacial score (nSPS) is 4.86. The van der Waals surface area contributed by atoms with Gasteiger partial charge in [0.2, 0.25) is 5.39 Å². The van der Waals surface area contributed by atoms with Gasteiger partial charge in [0.25, 0.3) is 0 Å². The van der Waals surface area contributed by atoms with E-state index in [1.54, 1.807) is 0 Å². The van der Waals surface area contributed by atoms with Gasteiger partial charge in [0.15, 0.2) is 0 Å². The first-order chi connectivity index (χ1) is 3.27. The number of carboxylic acid groups (broad SMARTS) is 1. The van der Waals surface area contributed by atoms with Crippen LogP contribution < -0.4 is 10.5 Å². The summed E-state index contributed by atoms with van der Waals surface area (Å²) >= 11 is 0. The van der Waals surface area contributed by atoms with Crippen LogP contribution in [0.3, 0.4) is 0 Å². The van der Waals surface area contributed by atoms with Gasteiger partial charge in [-0.05, 0) is 6.08 Å². The first-order valence-electron chi connectivity index (χ1n) is 1.33. The highest BCUT2D eigenvalue weighted by Crippen LogP contribution is 1.47. The molecule has 0 unspecified atom stereocenters. The van der Waals surface area contributed by atoms with Crippen molar-refractivity contribution in [1.82, 2.24) is 0 Å². The summed E-state index contributed by atoms with van der Waals surface area (Å²) in [6.45, 7) is 2.90. The topological polar surface area (TPSA) is 87.7 Å². The SMILES string of the molecule is C=CC(=O)[O-].N#[NH+]. The average molecular weight is 100 g/mol. The minimum atomic E-state index is -1.23. The first kappa shape index (κ1) is 9.16. The fourth-order valence-corrected chi connectivity index (χ4v) is 0. The number of nitrogens with one attached hydrogen (secondary N) is 1. The monoisotopic (exact) mass is 100 g/mol. The zero-order valence-corrected chi connectivity index (χ0v) is 3.55. The Morgan fingerprint density at radius 1 is 1.86 bits per heavy atom. The maximum absolute atomic E-state index is 9.14. The summed E-state index contributed by atoms with van der Waals surface area (Å²) in [5, 5.41) is 20.1. The van der Waals surface area contributed by atoms with Gasteiger partial charge < -0.3 is 9.90 Å². The zero-order valence-electron chi connectivity index (χ0n) is 3.55. The van der Waals surface area contributed by atoms with Crippen molar-refractivity contribution in [2.45, 2.75) is 0 Å². The molecule has 0 aliphatic heterocycles. The number of rotatable bonds is 1. The Bertz CT molecular complexity index is 86.2. The molecule has 0 amide bonds. The van der Waals surface area contributed by atoms with Crippen LogP contribution in [-0.2, 0) is 4.79 Å². The second kappa shape index (κ2) is 8.82. The van der Waals surface area contributed by atoms with Gasteiger partial charge in [-0.1, -0.05) is 6.58 Å². The van der Waals surface area contributed by atoms with Crippen LogP contribution in [0.2, 0.25) is 0 Å². The van der Waals surface area contributed by atoms with Crippen molar-refractivity contribution in [3.8, 4) is 0 Å². The predicted molar refractivity (Wildman–Crippen MR) is 17.9 cm³/mol. The van der Waals surface area contributed by atoms with Crippen LogP contribution in [0.25, 0.3) is 0 Å². The largest absolute Gasteiger partial charge is 0.545 e. The summed E-state index contributed by atoms with van der Waals surface area (Å²) in [6, 6.07) is 0. The van der Waals surface area contributed by atoms with Crippen molar-refractivity contribution in [1.29, 1.82) is 5.39 Å². The Morgan fingerprint density at radius 3 is 2.00 bits per heavy atom. The molecule has 4 nitrogen and oxygen atoms in total. The highest BCUT2D eigenvalue weighted by Gasteiger charge is 1.55. The van der Waals surface area contributed by atoms with E-state index in [1.807, 2.05) is 0 Å². The molecule has 1 N–H and O–H groups in total. The van der Waals surface area contributed by atoms with Gasteiger partial charge in [-0.15, -0.1) is 0 Å². The molecule has 0 saturated carbocycles. The van der Waals surface area contributed by atoms with E-state index in [4.69, 9.17) is 20.7 Å². The second-order valence-electron chi connectivity index (χ2n) is 0.523. The van der Waals surface area contributed by atoms with Crippen LogP contribution in [0.5, 0.6) is 0 Å². The lowest BCUT2D eigenvalue weighted by atomic mass is 10.7. The summed E-state index contributed by atoms with van der Waals surface area (Å²) in [7, 11) is 0. The lowest BCUT2D eigenvalue weighted by Gasteiger charge is -1.81. The second-order valence-corrected chi connectivity index (χ2v) is 0.523. The first-order valence-corrected chi connectivity index (χ1v) is 1.33. The number of carboxylic acids is 1. The van der Waals surface area contributed by atoms with Crippen LogP contribution in [0.15, 0.2) is 12.7 Å². The fourth-order valence-electron chi connectivity index (χ4n) is 0. The van der Waals surface area contributed by atoms with Crippen LogP contribution in [-0.4, -0.2) is 5.97 Å². The summed E-state index contributed by atoms with van der Waals surface area (Å²) in [6.07, 6.45) is 0.722. The molecule has 0 aromatic heterocycles. The van der Waals surface area contributed by atoms with Gasteiger partial charge in [-0.3, -0.25) is 0 Å². The molecule has 0 aliphatic rings. The maximum Gasteiger partial charge on any atom is 0.212 e. The molecule has 4 heteroatoms. The molecule has 0 fully saturated rings. The summed E-state index contributed by atoms with van der Waals surface area (Å²) in [5.41, 5.74) is 0. The van der Waals surface area contributed by atoms with Gasteiger partial charge in [0.1, 0.15) is 0 Å². The number of hydrogen-bond acceptors (Lipinski definition) is 3. The van der Waals surface area contributed by atoms with E-state index in [1.165, 1.54) is 0 Å². The van der Waals surface area contributed by atoms with Gasteiger partial charge in [0, 0.05) is 0 Å². The van der Waals surface area contributed by atoms with Crippen molar-refractivity contribution < 1.29 is 15.3 Å². The molecule has 0 bridgehead atoms. The third-order valence-corrected chi connectivity index (χ3v) is 0.167. The molecule has 38 valence electrons. The molecule has 0 saturated heterocycles. The molecule has 0 rings (SSSR count). The van der Waals surface area contributed by atoms with Crippen molar-refractivity contribution in [2.24, 2.45) is 0 Å². The minimum absolute atomic E-state index is 0.722. The van der Waals surface area contributed by atoms with Gasteiger partial charge in [-0.25, -0.2) is 0 Å². The molecular weight excluding hydrogens is 96.0 g/mol. The molecule has 0 atom stereocenters. The Balaban J connectivity index is 0. The standard InChI is InChI=1S/C3H4O2.N2/c1-2-3(4)5;1-2/h2H,1H2,(H,4,5);. The lowest BCUT2D eigenvalue weighted by molar-refractivity contribution is -0.297. The van der Waals surface area contributed by atoms with E-state index in [9.17, 15) is 0 Å². The molecule has 7 heavy (non-hydrogen) atoms. The van der Waals surface area contributed by atoms with Gasteiger partial charge >= 0.3 is 0 Å². The summed E-state index contributed by atoms with van der Waals surface area (Å²) < 4.78 is 0. The van der Waals surface area contributed by atoms with Gasteiger partial charge in [0.05, 0.1) is 11.4 Å². The van der Waals surface area contributed by atoms with Gasteiger partial charge in [-0.2, -0.15) is 0 Å². The third kappa shape index (κ3) is 80.7. The van der Waals surface area contributed by atoms with Crippen LogP contribution >= 0.6 is 0 Å². The van der Waals surface area contributed by atoms with Crippen molar-refractivity contribution in [3.05, 3.63) is 12.7 Å². The Labute approximate surface area is 40.5 Å². The van der Waals surface area contributed by atoms with E-state index in [0.717, 1.165) is 6.08 Å². The summed E-state index contributed by atoms with van der Waals surface area (Å²) in [4.78, 5) is 9.14. The predicted octanol–water partition coefficient (Wildman–Crippen LogP) is -2.80. The Morgan fingerprint density at radius 2 is 2.00 bits per heavy atom. The van der Waals surface area contributed by atoms with Crippen molar-refractivity contribution in [3.63, 3.8) is 0 Å². The van der Waals surface area contributed by atoms with Crippen LogP contribution in [0.1, 0.15) is 0 Å². The van der Waals surface area contributed by atoms with E-state index < -0.39 is 5.97 Å². The minimum Gasteiger partial charge on any atom is -0.545 e. The molecule has 0 aliphatic carbocycles. The Kier molecular flexibility index (Phi) is 11.5.